The van der Waals surface area contributed by atoms with Crippen LogP contribution in [0.15, 0.2) is 0 Å². The van der Waals surface area contributed by atoms with Crippen LogP contribution in [-0.4, -0.2) is 35.1 Å². The summed E-state index contributed by atoms with van der Waals surface area (Å²) >= 11 is 0. The van der Waals surface area contributed by atoms with Gasteiger partial charge in [0.2, 0.25) is 0 Å². The molecule has 0 radical (unpaired) electrons. The van der Waals surface area contributed by atoms with E-state index in [1.807, 2.05) is 0 Å². The highest BCUT2D eigenvalue weighted by Gasteiger charge is 2.38. The molecule has 0 aromatic heterocycles. The second-order valence-corrected chi connectivity index (χ2v) is 5.90. The lowest BCUT2D eigenvalue weighted by Crippen LogP contribution is -2.45. The number of hydrogen-bond donors (Lipinski definition) is 1. The van der Waals surface area contributed by atoms with Crippen LogP contribution in [0.2, 0.25) is 0 Å². The molecule has 1 spiro atoms. The van der Waals surface area contributed by atoms with E-state index in [0.717, 1.165) is 19.5 Å². The van der Waals surface area contributed by atoms with Crippen molar-refractivity contribution in [3.05, 3.63) is 0 Å². The minimum atomic E-state index is -0.655. The Morgan fingerprint density at radius 1 is 1.24 bits per heavy atom. The quantitative estimate of drug-likeness (QED) is 0.820. The Morgan fingerprint density at radius 2 is 1.82 bits per heavy atom. The van der Waals surface area contributed by atoms with Gasteiger partial charge in [-0.05, 0) is 50.6 Å². The molecule has 1 atom stereocenters. The zero-order valence-electron chi connectivity index (χ0n) is 11.0. The molecule has 17 heavy (non-hydrogen) atoms. The van der Waals surface area contributed by atoms with Gasteiger partial charge >= 0.3 is 5.97 Å². The van der Waals surface area contributed by atoms with E-state index in [1.165, 1.54) is 38.5 Å². The second-order valence-electron chi connectivity index (χ2n) is 5.90. The van der Waals surface area contributed by atoms with Gasteiger partial charge in [-0.15, -0.1) is 0 Å². The van der Waals surface area contributed by atoms with E-state index in [-0.39, 0.29) is 6.04 Å². The SMILES string of the molecule is CCC(CC(=O)O)N1CCC2(CCCC2)CC1. The van der Waals surface area contributed by atoms with Gasteiger partial charge in [0.1, 0.15) is 0 Å². The van der Waals surface area contributed by atoms with E-state index in [9.17, 15) is 4.79 Å². The fraction of sp³-hybridized carbons (Fsp3) is 0.929. The summed E-state index contributed by atoms with van der Waals surface area (Å²) in [6.07, 6.45) is 9.50. The molecule has 1 aliphatic heterocycles. The molecule has 1 unspecified atom stereocenters. The number of rotatable bonds is 4. The molecular formula is C14H25NO2. The lowest BCUT2D eigenvalue weighted by atomic mass is 9.76. The normalized spacial score (nSPS) is 26.2. The summed E-state index contributed by atoms with van der Waals surface area (Å²) < 4.78 is 0. The molecule has 1 saturated heterocycles. The third-order valence-corrected chi connectivity index (χ3v) is 4.92. The summed E-state index contributed by atoms with van der Waals surface area (Å²) in [5, 5.41) is 8.92. The van der Waals surface area contributed by atoms with Crippen LogP contribution in [0.1, 0.15) is 58.3 Å². The van der Waals surface area contributed by atoms with Gasteiger partial charge in [0.05, 0.1) is 6.42 Å². The van der Waals surface area contributed by atoms with Gasteiger partial charge in [0.15, 0.2) is 0 Å². The Morgan fingerprint density at radius 3 is 2.29 bits per heavy atom. The van der Waals surface area contributed by atoms with Crippen LogP contribution >= 0.6 is 0 Å². The van der Waals surface area contributed by atoms with Crippen LogP contribution in [0.3, 0.4) is 0 Å². The average molecular weight is 239 g/mol. The molecule has 3 heteroatoms. The second kappa shape index (κ2) is 5.38. The molecule has 2 rings (SSSR count). The van der Waals surface area contributed by atoms with Crippen molar-refractivity contribution in [3.63, 3.8) is 0 Å². The summed E-state index contributed by atoms with van der Waals surface area (Å²) in [5.41, 5.74) is 0.637. The molecule has 1 heterocycles. The summed E-state index contributed by atoms with van der Waals surface area (Å²) in [7, 11) is 0. The van der Waals surface area contributed by atoms with Crippen LogP contribution < -0.4 is 0 Å². The Balaban J connectivity index is 1.86. The van der Waals surface area contributed by atoms with Crippen molar-refractivity contribution in [2.75, 3.05) is 13.1 Å². The van der Waals surface area contributed by atoms with E-state index in [4.69, 9.17) is 5.11 Å². The largest absolute Gasteiger partial charge is 0.481 e. The summed E-state index contributed by atoms with van der Waals surface area (Å²) in [5.74, 6) is -0.655. The van der Waals surface area contributed by atoms with Crippen molar-refractivity contribution in [2.45, 2.75) is 64.3 Å². The van der Waals surface area contributed by atoms with Crippen molar-refractivity contribution >= 4 is 5.97 Å². The Kier molecular flexibility index (Phi) is 4.08. The maximum atomic E-state index is 10.8. The van der Waals surface area contributed by atoms with Crippen molar-refractivity contribution in [1.82, 2.24) is 4.90 Å². The number of carboxylic acids is 1. The van der Waals surface area contributed by atoms with E-state index in [2.05, 4.69) is 11.8 Å². The number of likely N-dealkylation sites (tertiary alicyclic amines) is 1. The third-order valence-electron chi connectivity index (χ3n) is 4.92. The fourth-order valence-electron chi connectivity index (χ4n) is 3.72. The zero-order valence-corrected chi connectivity index (χ0v) is 11.0. The van der Waals surface area contributed by atoms with Crippen LogP contribution in [-0.2, 0) is 4.79 Å². The van der Waals surface area contributed by atoms with E-state index < -0.39 is 5.97 Å². The van der Waals surface area contributed by atoms with Crippen LogP contribution in [0, 0.1) is 5.41 Å². The Labute approximate surface area is 104 Å². The van der Waals surface area contributed by atoms with Crippen LogP contribution in [0.5, 0.6) is 0 Å². The molecule has 1 N–H and O–H groups in total. The number of nitrogens with zero attached hydrogens (tertiary/aromatic N) is 1. The maximum Gasteiger partial charge on any atom is 0.304 e. The van der Waals surface area contributed by atoms with Gasteiger partial charge in [0, 0.05) is 6.04 Å². The van der Waals surface area contributed by atoms with E-state index >= 15 is 0 Å². The average Bonchev–Trinajstić information content (AvgIpc) is 2.76. The molecular weight excluding hydrogens is 214 g/mol. The standard InChI is InChI=1S/C14H25NO2/c1-2-12(11-13(16)17)15-9-7-14(8-10-15)5-3-4-6-14/h12H,2-11H2,1H3,(H,16,17). The van der Waals surface area contributed by atoms with E-state index in [0.29, 0.717) is 11.8 Å². The predicted molar refractivity (Wildman–Crippen MR) is 68.0 cm³/mol. The topological polar surface area (TPSA) is 40.5 Å². The van der Waals surface area contributed by atoms with Gasteiger partial charge in [-0.1, -0.05) is 19.8 Å². The Hall–Kier alpha value is -0.570. The minimum Gasteiger partial charge on any atom is -0.481 e. The molecule has 0 aromatic carbocycles. The first-order valence-corrected chi connectivity index (χ1v) is 7.11. The number of carboxylic acid groups (broad SMARTS) is 1. The molecule has 0 amide bonds. The van der Waals surface area contributed by atoms with Gasteiger partial charge < -0.3 is 5.11 Å². The number of piperidine rings is 1. The van der Waals surface area contributed by atoms with Crippen molar-refractivity contribution in [1.29, 1.82) is 0 Å². The first-order chi connectivity index (χ1) is 8.15. The monoisotopic (exact) mass is 239 g/mol. The molecule has 1 aliphatic carbocycles. The maximum absolute atomic E-state index is 10.8. The molecule has 2 aliphatic rings. The Bertz CT molecular complexity index is 261. The summed E-state index contributed by atoms with van der Waals surface area (Å²) in [4.78, 5) is 13.2. The zero-order chi connectivity index (χ0) is 12.3. The fourth-order valence-corrected chi connectivity index (χ4v) is 3.72. The van der Waals surface area contributed by atoms with Crippen molar-refractivity contribution in [2.24, 2.45) is 5.41 Å². The molecule has 0 aromatic rings. The van der Waals surface area contributed by atoms with E-state index in [1.54, 1.807) is 0 Å². The molecule has 98 valence electrons. The van der Waals surface area contributed by atoms with Crippen LogP contribution in [0.4, 0.5) is 0 Å². The number of hydrogen-bond acceptors (Lipinski definition) is 2. The molecule has 2 fully saturated rings. The van der Waals surface area contributed by atoms with Gasteiger partial charge in [-0.2, -0.15) is 0 Å². The van der Waals surface area contributed by atoms with Gasteiger partial charge in [-0.25, -0.2) is 0 Å². The third kappa shape index (κ3) is 3.01. The number of carbonyl (C=O) groups is 1. The molecule has 0 bridgehead atoms. The van der Waals surface area contributed by atoms with Crippen molar-refractivity contribution < 1.29 is 9.90 Å². The highest BCUT2D eigenvalue weighted by molar-refractivity contribution is 5.67. The predicted octanol–water partition coefficient (Wildman–Crippen LogP) is 2.90. The lowest BCUT2D eigenvalue weighted by molar-refractivity contribution is -0.138. The minimum absolute atomic E-state index is 0.256. The molecule has 3 nitrogen and oxygen atoms in total. The van der Waals surface area contributed by atoms with Gasteiger partial charge in [0.25, 0.3) is 0 Å². The highest BCUT2D eigenvalue weighted by atomic mass is 16.4. The first-order valence-electron chi connectivity index (χ1n) is 7.11. The van der Waals surface area contributed by atoms with Crippen molar-refractivity contribution in [3.8, 4) is 0 Å². The van der Waals surface area contributed by atoms with Crippen LogP contribution in [0.25, 0.3) is 0 Å². The summed E-state index contributed by atoms with van der Waals surface area (Å²) in [6, 6.07) is 0.256. The molecule has 1 saturated carbocycles. The highest BCUT2D eigenvalue weighted by Crippen LogP contribution is 2.46. The van der Waals surface area contributed by atoms with Gasteiger partial charge in [-0.3, -0.25) is 9.69 Å². The number of aliphatic carboxylic acids is 1. The smallest absolute Gasteiger partial charge is 0.304 e. The lowest BCUT2D eigenvalue weighted by Gasteiger charge is -2.42. The summed E-state index contributed by atoms with van der Waals surface area (Å²) in [6.45, 7) is 4.34. The first kappa shape index (κ1) is 12.9.